The van der Waals surface area contributed by atoms with Crippen LogP contribution in [0.25, 0.3) is 11.4 Å². The highest BCUT2D eigenvalue weighted by molar-refractivity contribution is 6.36. The molecule has 1 aromatic carbocycles. The van der Waals surface area contributed by atoms with Crippen molar-refractivity contribution in [1.29, 1.82) is 0 Å². The number of halogens is 3. The van der Waals surface area contributed by atoms with Crippen LogP contribution < -0.4 is 4.90 Å². The molecule has 0 saturated heterocycles. The molecule has 7 heteroatoms. The van der Waals surface area contributed by atoms with E-state index in [2.05, 4.69) is 15.0 Å². The number of nitrogens with zero attached hydrogens (tertiary/aromatic N) is 4. The van der Waals surface area contributed by atoms with Gasteiger partial charge < -0.3 is 4.90 Å². The van der Waals surface area contributed by atoms with Crippen LogP contribution in [-0.4, -0.2) is 29.0 Å². The van der Waals surface area contributed by atoms with Gasteiger partial charge in [0.05, 0.1) is 5.02 Å². The summed E-state index contributed by atoms with van der Waals surface area (Å²) >= 11 is 17.8. The van der Waals surface area contributed by atoms with E-state index in [4.69, 9.17) is 34.8 Å². The number of hydrogen-bond acceptors (Lipinski definition) is 4. The van der Waals surface area contributed by atoms with E-state index >= 15 is 0 Å². The van der Waals surface area contributed by atoms with Crippen molar-refractivity contribution in [3.63, 3.8) is 0 Å². The van der Waals surface area contributed by atoms with Crippen LogP contribution in [-0.2, 0) is 0 Å². The Labute approximate surface area is 120 Å². The van der Waals surface area contributed by atoms with Crippen LogP contribution >= 0.6 is 34.8 Å². The molecule has 4 nitrogen and oxygen atoms in total. The zero-order valence-corrected chi connectivity index (χ0v) is 11.9. The average Bonchev–Trinajstić information content (AvgIpc) is 2.27. The van der Waals surface area contributed by atoms with Crippen LogP contribution in [0.15, 0.2) is 18.2 Å². The van der Waals surface area contributed by atoms with Gasteiger partial charge in [0.1, 0.15) is 0 Å². The van der Waals surface area contributed by atoms with Crippen LogP contribution in [0.2, 0.25) is 15.3 Å². The fourth-order valence-corrected chi connectivity index (χ4v) is 1.98. The molecule has 0 radical (unpaired) electrons. The van der Waals surface area contributed by atoms with Crippen LogP contribution in [0.4, 0.5) is 5.95 Å². The summed E-state index contributed by atoms with van der Waals surface area (Å²) in [5, 5.41) is 1.14. The summed E-state index contributed by atoms with van der Waals surface area (Å²) < 4.78 is 0. The van der Waals surface area contributed by atoms with E-state index in [1.807, 2.05) is 14.1 Å². The lowest BCUT2D eigenvalue weighted by molar-refractivity contribution is 0.962. The van der Waals surface area contributed by atoms with Gasteiger partial charge in [-0.15, -0.1) is 0 Å². The third-order valence-corrected chi connectivity index (χ3v) is 2.89. The van der Waals surface area contributed by atoms with Gasteiger partial charge in [0, 0.05) is 24.7 Å². The van der Waals surface area contributed by atoms with Crippen molar-refractivity contribution in [3.8, 4) is 11.4 Å². The monoisotopic (exact) mass is 302 g/mol. The van der Waals surface area contributed by atoms with Gasteiger partial charge in [0.15, 0.2) is 5.82 Å². The molecule has 0 N–H and O–H groups in total. The van der Waals surface area contributed by atoms with Crippen molar-refractivity contribution in [3.05, 3.63) is 33.5 Å². The molecule has 94 valence electrons. The van der Waals surface area contributed by atoms with E-state index in [1.165, 1.54) is 0 Å². The Kier molecular flexibility index (Phi) is 3.90. The van der Waals surface area contributed by atoms with Crippen molar-refractivity contribution < 1.29 is 0 Å². The van der Waals surface area contributed by atoms with Gasteiger partial charge in [-0.2, -0.15) is 15.0 Å². The molecular formula is C11H9Cl3N4. The molecule has 0 aliphatic heterocycles. The number of benzene rings is 1. The second kappa shape index (κ2) is 5.26. The molecule has 0 aliphatic rings. The Balaban J connectivity index is 2.56. The van der Waals surface area contributed by atoms with E-state index in [9.17, 15) is 0 Å². The third kappa shape index (κ3) is 2.83. The largest absolute Gasteiger partial charge is 0.347 e. The van der Waals surface area contributed by atoms with Gasteiger partial charge in [-0.3, -0.25) is 0 Å². The number of rotatable bonds is 2. The molecule has 0 spiro atoms. The predicted octanol–water partition coefficient (Wildman–Crippen LogP) is 3.56. The van der Waals surface area contributed by atoms with Gasteiger partial charge in [-0.05, 0) is 29.8 Å². The number of hydrogen-bond donors (Lipinski definition) is 0. The second-order valence-corrected chi connectivity index (χ2v) is 4.93. The van der Waals surface area contributed by atoms with Crippen LogP contribution in [0.3, 0.4) is 0 Å². The Hall–Kier alpha value is -1.10. The number of aromatic nitrogens is 3. The lowest BCUT2D eigenvalue weighted by Gasteiger charge is -2.11. The van der Waals surface area contributed by atoms with Crippen LogP contribution in [0, 0.1) is 0 Å². The van der Waals surface area contributed by atoms with E-state index in [-0.39, 0.29) is 5.28 Å². The molecule has 0 bridgehead atoms. The minimum Gasteiger partial charge on any atom is -0.347 e. The first-order chi connectivity index (χ1) is 8.47. The Morgan fingerprint density at radius 3 is 2.33 bits per heavy atom. The smallest absolute Gasteiger partial charge is 0.229 e. The van der Waals surface area contributed by atoms with Crippen molar-refractivity contribution in [2.24, 2.45) is 0 Å². The minimum atomic E-state index is 0.120. The summed E-state index contributed by atoms with van der Waals surface area (Å²) in [7, 11) is 3.64. The van der Waals surface area contributed by atoms with E-state index in [1.54, 1.807) is 23.1 Å². The zero-order chi connectivity index (χ0) is 13.3. The molecular weight excluding hydrogens is 295 g/mol. The molecule has 1 aromatic heterocycles. The lowest BCUT2D eigenvalue weighted by atomic mass is 10.2. The summed E-state index contributed by atoms with van der Waals surface area (Å²) in [4.78, 5) is 14.1. The summed E-state index contributed by atoms with van der Waals surface area (Å²) in [6.07, 6.45) is 0. The molecule has 0 fully saturated rings. The Morgan fingerprint density at radius 1 is 1.00 bits per heavy atom. The molecule has 0 unspecified atom stereocenters. The maximum absolute atomic E-state index is 6.11. The zero-order valence-electron chi connectivity index (χ0n) is 9.65. The average molecular weight is 304 g/mol. The molecule has 0 saturated carbocycles. The maximum Gasteiger partial charge on any atom is 0.229 e. The molecule has 0 aliphatic carbocycles. The molecule has 1 heterocycles. The first-order valence-corrected chi connectivity index (χ1v) is 6.15. The van der Waals surface area contributed by atoms with E-state index in [0.717, 1.165) is 0 Å². The predicted molar refractivity (Wildman–Crippen MR) is 74.6 cm³/mol. The van der Waals surface area contributed by atoms with Gasteiger partial charge >= 0.3 is 0 Å². The van der Waals surface area contributed by atoms with Crippen molar-refractivity contribution in [2.75, 3.05) is 19.0 Å². The summed E-state index contributed by atoms with van der Waals surface area (Å²) in [6, 6.07) is 5.09. The molecule has 2 aromatic rings. The normalized spacial score (nSPS) is 10.5. The second-order valence-electron chi connectivity index (χ2n) is 3.75. The quantitative estimate of drug-likeness (QED) is 0.850. The molecule has 0 amide bonds. The van der Waals surface area contributed by atoms with Gasteiger partial charge in [-0.25, -0.2) is 0 Å². The highest BCUT2D eigenvalue weighted by atomic mass is 35.5. The number of anilines is 1. The fraction of sp³-hybridized carbons (Fsp3) is 0.182. The highest BCUT2D eigenvalue weighted by Gasteiger charge is 2.11. The summed E-state index contributed by atoms with van der Waals surface area (Å²) in [6.45, 7) is 0. The Morgan fingerprint density at radius 2 is 1.72 bits per heavy atom. The summed E-state index contributed by atoms with van der Waals surface area (Å²) in [5.74, 6) is 0.886. The van der Waals surface area contributed by atoms with Crippen molar-refractivity contribution in [1.82, 2.24) is 15.0 Å². The van der Waals surface area contributed by atoms with Gasteiger partial charge in [0.25, 0.3) is 0 Å². The SMILES string of the molecule is CN(C)c1nc(Cl)nc(-c2ccc(Cl)cc2Cl)n1. The van der Waals surface area contributed by atoms with E-state index < -0.39 is 0 Å². The fourth-order valence-electron chi connectivity index (χ4n) is 1.33. The molecule has 18 heavy (non-hydrogen) atoms. The standard InChI is InChI=1S/C11H9Cl3N4/c1-18(2)11-16-9(15-10(14)17-11)7-4-3-6(12)5-8(7)13/h3-5H,1-2H3. The first kappa shape index (κ1) is 13.3. The van der Waals surface area contributed by atoms with Gasteiger partial charge in [0.2, 0.25) is 11.2 Å². The third-order valence-electron chi connectivity index (χ3n) is 2.17. The molecule has 0 atom stereocenters. The topological polar surface area (TPSA) is 41.9 Å². The minimum absolute atomic E-state index is 0.120. The summed E-state index contributed by atoms with van der Waals surface area (Å²) in [5.41, 5.74) is 0.661. The van der Waals surface area contributed by atoms with Gasteiger partial charge in [-0.1, -0.05) is 23.2 Å². The van der Waals surface area contributed by atoms with Crippen LogP contribution in [0.5, 0.6) is 0 Å². The Bertz CT molecular complexity index is 586. The van der Waals surface area contributed by atoms with E-state index in [0.29, 0.717) is 27.4 Å². The first-order valence-electron chi connectivity index (χ1n) is 5.01. The van der Waals surface area contributed by atoms with Crippen LogP contribution in [0.1, 0.15) is 0 Å². The molecule has 2 rings (SSSR count). The van der Waals surface area contributed by atoms with Crippen molar-refractivity contribution in [2.45, 2.75) is 0 Å². The lowest BCUT2D eigenvalue weighted by Crippen LogP contribution is -2.14. The highest BCUT2D eigenvalue weighted by Crippen LogP contribution is 2.29. The van der Waals surface area contributed by atoms with Crippen molar-refractivity contribution >= 4 is 40.8 Å². The maximum atomic E-state index is 6.11.